The Morgan fingerprint density at radius 1 is 1.73 bits per heavy atom. The number of carbonyl (C=O) groups excluding carboxylic acids is 1. The van der Waals surface area contributed by atoms with Crippen molar-refractivity contribution in [3.63, 3.8) is 0 Å². The second-order valence-electron chi connectivity index (χ2n) is 2.31. The predicted molar refractivity (Wildman–Crippen MR) is 41.5 cm³/mol. The van der Waals surface area contributed by atoms with Crippen molar-refractivity contribution in [3.05, 3.63) is 0 Å². The van der Waals surface area contributed by atoms with Crippen LogP contribution in [0.5, 0.6) is 0 Å². The van der Waals surface area contributed by atoms with Crippen LogP contribution in [0.1, 0.15) is 13.3 Å². The third-order valence-corrected chi connectivity index (χ3v) is 1.12. The minimum absolute atomic E-state index is 0.101. The average Bonchev–Trinajstić information content (AvgIpc) is 2.00. The maximum atomic E-state index is 10.9. The van der Waals surface area contributed by atoms with Crippen LogP contribution in [-0.4, -0.2) is 30.9 Å². The summed E-state index contributed by atoms with van der Waals surface area (Å²) in [6.07, 6.45) is 2.76. The first-order valence-electron chi connectivity index (χ1n) is 3.58. The zero-order valence-corrected chi connectivity index (χ0v) is 6.92. The summed E-state index contributed by atoms with van der Waals surface area (Å²) in [7, 11) is 1.57. The molecule has 0 saturated heterocycles. The maximum Gasteiger partial charge on any atom is 0.240 e. The van der Waals surface area contributed by atoms with Gasteiger partial charge in [0.1, 0.15) is 6.54 Å². The van der Waals surface area contributed by atoms with Crippen LogP contribution in [0.2, 0.25) is 0 Å². The summed E-state index contributed by atoms with van der Waals surface area (Å²) in [4.78, 5) is 12.2. The van der Waals surface area contributed by atoms with Gasteiger partial charge in [-0.1, -0.05) is 6.92 Å². The van der Waals surface area contributed by atoms with Crippen molar-refractivity contribution < 1.29 is 4.79 Å². The van der Waals surface area contributed by atoms with Gasteiger partial charge in [0, 0.05) is 13.6 Å². The van der Waals surface area contributed by atoms with E-state index in [4.69, 9.17) is 5.26 Å². The Kier molecular flexibility index (Phi) is 4.91. The second-order valence-corrected chi connectivity index (χ2v) is 2.31. The number of nitrogens with zero attached hydrogens (tertiary/aromatic N) is 2. The summed E-state index contributed by atoms with van der Waals surface area (Å²) in [5.41, 5.74) is 0. The molecule has 0 aromatic heterocycles. The van der Waals surface area contributed by atoms with E-state index in [0.29, 0.717) is 6.54 Å². The third-order valence-electron chi connectivity index (χ3n) is 1.12. The van der Waals surface area contributed by atoms with Crippen LogP contribution in [0.25, 0.3) is 0 Å². The Balaban J connectivity index is 3.46. The van der Waals surface area contributed by atoms with Gasteiger partial charge >= 0.3 is 0 Å². The van der Waals surface area contributed by atoms with Crippen LogP contribution in [-0.2, 0) is 4.79 Å². The molecule has 0 aliphatic rings. The number of nitrogens with one attached hydrogen (secondary N) is 1. The van der Waals surface area contributed by atoms with E-state index in [9.17, 15) is 4.79 Å². The van der Waals surface area contributed by atoms with E-state index in [1.54, 1.807) is 7.05 Å². The summed E-state index contributed by atoms with van der Waals surface area (Å²) in [6, 6.07) is 0. The fraction of sp³-hybridized carbons (Fsp3) is 0.714. The molecule has 0 saturated carbocycles. The molecule has 0 atom stereocenters. The van der Waals surface area contributed by atoms with Crippen molar-refractivity contribution in [2.45, 2.75) is 13.3 Å². The van der Waals surface area contributed by atoms with Gasteiger partial charge in [0.05, 0.1) is 0 Å². The van der Waals surface area contributed by atoms with Gasteiger partial charge in [-0.05, 0) is 6.42 Å². The van der Waals surface area contributed by atoms with Crippen molar-refractivity contribution in [3.8, 4) is 6.19 Å². The fourth-order valence-electron chi connectivity index (χ4n) is 0.571. The Hall–Kier alpha value is -1.24. The van der Waals surface area contributed by atoms with Crippen LogP contribution >= 0.6 is 0 Å². The van der Waals surface area contributed by atoms with Crippen molar-refractivity contribution in [2.24, 2.45) is 0 Å². The normalized spacial score (nSPS) is 8.45. The number of hydrogen-bond donors (Lipinski definition) is 1. The molecule has 1 amide bonds. The lowest BCUT2D eigenvalue weighted by Crippen LogP contribution is -2.33. The molecule has 0 spiro atoms. The minimum Gasteiger partial charge on any atom is -0.355 e. The largest absolute Gasteiger partial charge is 0.355 e. The first-order valence-corrected chi connectivity index (χ1v) is 3.58. The first kappa shape index (κ1) is 9.76. The topological polar surface area (TPSA) is 56.1 Å². The smallest absolute Gasteiger partial charge is 0.240 e. The molecule has 1 N–H and O–H groups in total. The lowest BCUT2D eigenvalue weighted by molar-refractivity contribution is -0.121. The number of carbonyl (C=O) groups is 1. The highest BCUT2D eigenvalue weighted by Gasteiger charge is 2.01. The first-order chi connectivity index (χ1) is 5.20. The molecule has 62 valence electrons. The number of hydrogen-bond acceptors (Lipinski definition) is 3. The molecule has 0 fully saturated rings. The molecule has 0 heterocycles. The molecule has 0 aliphatic carbocycles. The molecule has 0 bridgehead atoms. The van der Waals surface area contributed by atoms with Crippen LogP contribution in [0.4, 0.5) is 0 Å². The van der Waals surface area contributed by atoms with Crippen molar-refractivity contribution in [1.82, 2.24) is 10.2 Å². The molecular formula is C7H13N3O. The van der Waals surface area contributed by atoms with Crippen LogP contribution in [0.15, 0.2) is 0 Å². The minimum atomic E-state index is -0.101. The summed E-state index contributed by atoms with van der Waals surface area (Å²) >= 11 is 0. The molecule has 4 nitrogen and oxygen atoms in total. The van der Waals surface area contributed by atoms with Gasteiger partial charge in [0.15, 0.2) is 6.19 Å². The molecule has 0 aliphatic heterocycles. The van der Waals surface area contributed by atoms with Crippen LogP contribution in [0.3, 0.4) is 0 Å². The van der Waals surface area contributed by atoms with E-state index in [2.05, 4.69) is 5.32 Å². The van der Waals surface area contributed by atoms with Gasteiger partial charge in [-0.25, -0.2) is 0 Å². The number of rotatable bonds is 4. The van der Waals surface area contributed by atoms with E-state index in [1.807, 2.05) is 13.1 Å². The van der Waals surface area contributed by atoms with Crippen molar-refractivity contribution >= 4 is 5.91 Å². The molecule has 0 radical (unpaired) electrons. The van der Waals surface area contributed by atoms with E-state index >= 15 is 0 Å². The van der Waals surface area contributed by atoms with Gasteiger partial charge in [0.25, 0.3) is 0 Å². The Morgan fingerprint density at radius 3 is 2.82 bits per heavy atom. The van der Waals surface area contributed by atoms with Gasteiger partial charge in [0.2, 0.25) is 5.91 Å². The number of nitriles is 1. The van der Waals surface area contributed by atoms with Gasteiger partial charge in [-0.2, -0.15) is 5.26 Å². The maximum absolute atomic E-state index is 10.9. The van der Waals surface area contributed by atoms with E-state index in [1.165, 1.54) is 4.90 Å². The van der Waals surface area contributed by atoms with Gasteiger partial charge < -0.3 is 10.2 Å². The summed E-state index contributed by atoms with van der Waals surface area (Å²) in [6.45, 7) is 2.81. The Labute approximate surface area is 66.8 Å². The van der Waals surface area contributed by atoms with Crippen LogP contribution in [0, 0.1) is 11.5 Å². The number of amides is 1. The molecule has 11 heavy (non-hydrogen) atoms. The lowest BCUT2D eigenvalue weighted by atomic mass is 10.4. The van der Waals surface area contributed by atoms with Gasteiger partial charge in [-0.15, -0.1) is 0 Å². The average molecular weight is 155 g/mol. The molecule has 0 aromatic carbocycles. The highest BCUT2D eigenvalue weighted by molar-refractivity contribution is 5.78. The molecule has 0 rings (SSSR count). The van der Waals surface area contributed by atoms with Crippen molar-refractivity contribution in [1.29, 1.82) is 5.26 Å². The number of likely N-dealkylation sites (N-methyl/N-ethyl adjacent to an activating group) is 1. The van der Waals surface area contributed by atoms with Crippen LogP contribution < -0.4 is 5.32 Å². The quantitative estimate of drug-likeness (QED) is 0.456. The Morgan fingerprint density at radius 2 is 2.36 bits per heavy atom. The molecule has 4 heteroatoms. The third kappa shape index (κ3) is 5.22. The van der Waals surface area contributed by atoms with E-state index in [-0.39, 0.29) is 12.5 Å². The van der Waals surface area contributed by atoms with E-state index in [0.717, 1.165) is 6.42 Å². The zero-order valence-electron chi connectivity index (χ0n) is 6.92. The monoisotopic (exact) mass is 155 g/mol. The van der Waals surface area contributed by atoms with E-state index < -0.39 is 0 Å². The second kappa shape index (κ2) is 5.54. The molecule has 0 aromatic rings. The van der Waals surface area contributed by atoms with Crippen molar-refractivity contribution in [2.75, 3.05) is 20.1 Å². The standard InChI is InChI=1S/C7H13N3O/c1-3-4-9-7(11)5-10(2)6-8/h3-5H2,1-2H3,(H,9,11). The highest BCUT2D eigenvalue weighted by atomic mass is 16.1. The molecule has 0 unspecified atom stereocenters. The summed E-state index contributed by atoms with van der Waals surface area (Å²) < 4.78 is 0. The zero-order chi connectivity index (χ0) is 8.69. The fourth-order valence-corrected chi connectivity index (χ4v) is 0.571. The highest BCUT2D eigenvalue weighted by Crippen LogP contribution is 1.77. The lowest BCUT2D eigenvalue weighted by Gasteiger charge is -2.07. The molecular weight excluding hydrogens is 142 g/mol. The van der Waals surface area contributed by atoms with Gasteiger partial charge in [-0.3, -0.25) is 4.79 Å². The summed E-state index contributed by atoms with van der Waals surface area (Å²) in [5, 5.41) is 11.0. The predicted octanol–water partition coefficient (Wildman–Crippen LogP) is -0.0745. The Bertz CT molecular complexity index is 162. The SMILES string of the molecule is CCCNC(=O)CN(C)C#N. The summed E-state index contributed by atoms with van der Waals surface area (Å²) in [5.74, 6) is -0.101.